The van der Waals surface area contributed by atoms with Crippen molar-refractivity contribution in [2.75, 3.05) is 7.11 Å². The van der Waals surface area contributed by atoms with Gasteiger partial charge in [0.2, 0.25) is 0 Å². The average molecular weight is 232 g/mol. The van der Waals surface area contributed by atoms with Gasteiger partial charge in [-0.3, -0.25) is 4.79 Å². The fraction of sp³-hybridized carbons (Fsp3) is 0.250. The molecule has 0 fully saturated rings. The van der Waals surface area contributed by atoms with Crippen LogP contribution in [0.15, 0.2) is 24.5 Å². The summed E-state index contributed by atoms with van der Waals surface area (Å²) >= 11 is 0. The molecule has 0 bridgehead atoms. The molecule has 2 rings (SSSR count). The maximum Gasteiger partial charge on any atom is 0.303 e. The molecule has 0 radical (unpaired) electrons. The highest BCUT2D eigenvalue weighted by atomic mass is 16.5. The van der Waals surface area contributed by atoms with Gasteiger partial charge in [0.25, 0.3) is 0 Å². The number of carboxylic acids is 1. The first-order valence-corrected chi connectivity index (χ1v) is 5.20. The van der Waals surface area contributed by atoms with Crippen LogP contribution < -0.4 is 4.74 Å². The van der Waals surface area contributed by atoms with Crippen LogP contribution in [0.5, 0.6) is 5.75 Å². The summed E-state index contributed by atoms with van der Waals surface area (Å²) in [4.78, 5) is 18.8. The second-order valence-corrected chi connectivity index (χ2v) is 3.60. The van der Waals surface area contributed by atoms with E-state index >= 15 is 0 Å². The number of carboxylic acid groups (broad SMARTS) is 1. The van der Waals surface area contributed by atoms with E-state index in [1.807, 2.05) is 18.2 Å². The molecule has 0 aliphatic rings. The zero-order valence-corrected chi connectivity index (χ0v) is 9.38. The lowest BCUT2D eigenvalue weighted by atomic mass is 10.1. The molecule has 5 heteroatoms. The van der Waals surface area contributed by atoms with Crippen molar-refractivity contribution in [3.05, 3.63) is 30.2 Å². The summed E-state index contributed by atoms with van der Waals surface area (Å²) in [6, 6.07) is 5.48. The van der Waals surface area contributed by atoms with Crippen LogP contribution in [-0.2, 0) is 11.2 Å². The van der Waals surface area contributed by atoms with Crippen LogP contribution in [0.3, 0.4) is 0 Å². The lowest BCUT2D eigenvalue weighted by Gasteiger charge is -2.05. The number of hydrogen-bond acceptors (Lipinski definition) is 4. The fourth-order valence-electron chi connectivity index (χ4n) is 1.64. The highest BCUT2D eigenvalue weighted by Gasteiger charge is 2.07. The molecule has 0 aliphatic carbocycles. The zero-order valence-electron chi connectivity index (χ0n) is 9.38. The Hall–Kier alpha value is -2.17. The summed E-state index contributed by atoms with van der Waals surface area (Å²) in [6.07, 6.45) is 1.90. The van der Waals surface area contributed by atoms with Gasteiger partial charge in [-0.15, -0.1) is 0 Å². The smallest absolute Gasteiger partial charge is 0.303 e. The van der Waals surface area contributed by atoms with Crippen molar-refractivity contribution >= 4 is 16.9 Å². The number of aryl methyl sites for hydroxylation is 1. The first-order valence-electron chi connectivity index (χ1n) is 5.20. The van der Waals surface area contributed by atoms with E-state index in [1.165, 1.54) is 6.33 Å². The number of aromatic nitrogens is 2. The maximum atomic E-state index is 10.6. The van der Waals surface area contributed by atoms with Crippen LogP contribution in [0.2, 0.25) is 0 Å². The first kappa shape index (κ1) is 11.3. The van der Waals surface area contributed by atoms with E-state index < -0.39 is 5.97 Å². The average Bonchev–Trinajstić information content (AvgIpc) is 2.35. The topological polar surface area (TPSA) is 72.3 Å². The van der Waals surface area contributed by atoms with Crippen molar-refractivity contribution in [1.82, 2.24) is 9.97 Å². The number of benzene rings is 1. The summed E-state index contributed by atoms with van der Waals surface area (Å²) in [5.74, 6) is -0.122. The molecule has 5 nitrogen and oxygen atoms in total. The lowest BCUT2D eigenvalue weighted by molar-refractivity contribution is -0.136. The van der Waals surface area contributed by atoms with Crippen molar-refractivity contribution in [3.8, 4) is 5.75 Å². The van der Waals surface area contributed by atoms with Crippen LogP contribution in [0.25, 0.3) is 10.9 Å². The minimum absolute atomic E-state index is 0.0589. The maximum absolute atomic E-state index is 10.6. The number of rotatable bonds is 4. The van der Waals surface area contributed by atoms with E-state index in [0.717, 1.165) is 16.6 Å². The number of hydrogen-bond donors (Lipinski definition) is 1. The second kappa shape index (κ2) is 4.78. The van der Waals surface area contributed by atoms with Crippen molar-refractivity contribution in [2.24, 2.45) is 0 Å². The molecular weight excluding hydrogens is 220 g/mol. The van der Waals surface area contributed by atoms with Gasteiger partial charge in [0.05, 0.1) is 24.7 Å². The molecule has 0 saturated carbocycles. The zero-order chi connectivity index (χ0) is 12.3. The molecule has 88 valence electrons. The van der Waals surface area contributed by atoms with Gasteiger partial charge in [-0.05, 0) is 18.2 Å². The minimum Gasteiger partial charge on any atom is -0.497 e. The van der Waals surface area contributed by atoms with Gasteiger partial charge in [0.15, 0.2) is 0 Å². The third kappa shape index (κ3) is 2.50. The number of carbonyl (C=O) groups is 1. The van der Waals surface area contributed by atoms with Gasteiger partial charge in [-0.2, -0.15) is 0 Å². The third-order valence-corrected chi connectivity index (χ3v) is 2.50. The monoisotopic (exact) mass is 232 g/mol. The van der Waals surface area contributed by atoms with Crippen LogP contribution in [-0.4, -0.2) is 28.2 Å². The van der Waals surface area contributed by atoms with Crippen molar-refractivity contribution < 1.29 is 14.6 Å². The largest absolute Gasteiger partial charge is 0.497 e. The van der Waals surface area contributed by atoms with Crippen LogP contribution in [0.4, 0.5) is 0 Å². The molecule has 17 heavy (non-hydrogen) atoms. The number of ether oxygens (including phenoxy) is 1. The van der Waals surface area contributed by atoms with Gasteiger partial charge in [-0.25, -0.2) is 9.97 Å². The molecule has 1 aromatic heterocycles. The molecular formula is C12H12N2O3. The molecule has 0 spiro atoms. The molecule has 0 saturated heterocycles. The Labute approximate surface area is 98.1 Å². The van der Waals surface area contributed by atoms with E-state index in [-0.39, 0.29) is 6.42 Å². The van der Waals surface area contributed by atoms with E-state index in [0.29, 0.717) is 12.2 Å². The summed E-state index contributed by atoms with van der Waals surface area (Å²) in [7, 11) is 1.59. The van der Waals surface area contributed by atoms with Gasteiger partial charge in [0.1, 0.15) is 12.1 Å². The van der Waals surface area contributed by atoms with Gasteiger partial charge in [0, 0.05) is 11.8 Å². The van der Waals surface area contributed by atoms with Gasteiger partial charge < -0.3 is 9.84 Å². The van der Waals surface area contributed by atoms with E-state index in [9.17, 15) is 4.79 Å². The van der Waals surface area contributed by atoms with Gasteiger partial charge >= 0.3 is 5.97 Å². The highest BCUT2D eigenvalue weighted by molar-refractivity contribution is 5.82. The summed E-state index contributed by atoms with van der Waals surface area (Å²) in [5.41, 5.74) is 1.53. The number of methoxy groups -OCH3 is 1. The molecule has 0 aliphatic heterocycles. The Bertz CT molecular complexity index is 554. The molecule has 1 aromatic carbocycles. The highest BCUT2D eigenvalue weighted by Crippen LogP contribution is 2.21. The van der Waals surface area contributed by atoms with E-state index in [4.69, 9.17) is 9.84 Å². The van der Waals surface area contributed by atoms with E-state index in [2.05, 4.69) is 9.97 Å². The number of aliphatic carboxylic acids is 1. The Morgan fingerprint density at radius 3 is 2.94 bits per heavy atom. The van der Waals surface area contributed by atoms with Crippen molar-refractivity contribution in [2.45, 2.75) is 12.8 Å². The molecule has 1 heterocycles. The Balaban J connectivity index is 2.43. The number of nitrogens with zero attached hydrogens (tertiary/aromatic N) is 2. The number of fused-ring (bicyclic) bond motifs is 1. The van der Waals surface area contributed by atoms with E-state index in [1.54, 1.807) is 7.11 Å². The third-order valence-electron chi connectivity index (χ3n) is 2.50. The first-order chi connectivity index (χ1) is 8.20. The molecule has 2 aromatic rings. The normalized spacial score (nSPS) is 10.4. The standard InChI is InChI=1S/C12H12N2O3/c1-17-8-2-3-10-9(6-8)11(14-7-13-10)4-5-12(15)16/h2-3,6-7H,4-5H2,1H3,(H,15,16). The molecule has 0 unspecified atom stereocenters. The van der Waals surface area contributed by atoms with Crippen molar-refractivity contribution in [3.63, 3.8) is 0 Å². The van der Waals surface area contributed by atoms with Crippen LogP contribution >= 0.6 is 0 Å². The predicted octanol–water partition coefficient (Wildman–Crippen LogP) is 1.66. The fourth-order valence-corrected chi connectivity index (χ4v) is 1.64. The molecule has 1 N–H and O–H groups in total. The van der Waals surface area contributed by atoms with Crippen molar-refractivity contribution in [1.29, 1.82) is 0 Å². The van der Waals surface area contributed by atoms with Gasteiger partial charge in [-0.1, -0.05) is 0 Å². The Morgan fingerprint density at radius 1 is 1.41 bits per heavy atom. The molecule has 0 atom stereocenters. The summed E-state index contributed by atoms with van der Waals surface area (Å²) < 4.78 is 5.13. The Kier molecular flexibility index (Phi) is 3.18. The predicted molar refractivity (Wildman–Crippen MR) is 62.0 cm³/mol. The minimum atomic E-state index is -0.834. The summed E-state index contributed by atoms with van der Waals surface area (Å²) in [5, 5.41) is 9.52. The lowest BCUT2D eigenvalue weighted by Crippen LogP contribution is -2.00. The quantitative estimate of drug-likeness (QED) is 0.867. The van der Waals surface area contributed by atoms with Crippen LogP contribution in [0.1, 0.15) is 12.1 Å². The Morgan fingerprint density at radius 2 is 2.24 bits per heavy atom. The molecule has 0 amide bonds. The van der Waals surface area contributed by atoms with Crippen LogP contribution in [0, 0.1) is 0 Å². The second-order valence-electron chi connectivity index (χ2n) is 3.60. The summed E-state index contributed by atoms with van der Waals surface area (Å²) in [6.45, 7) is 0. The SMILES string of the molecule is COc1ccc2ncnc(CCC(=O)O)c2c1.